The van der Waals surface area contributed by atoms with Gasteiger partial charge in [0.15, 0.2) is 12.5 Å². The fraction of sp³-hybridized carbons (Fsp3) is 0.200. The molecule has 1 N–H and O–H groups in total. The van der Waals surface area contributed by atoms with Gasteiger partial charge in [-0.05, 0) is 19.1 Å². The van der Waals surface area contributed by atoms with Crippen molar-refractivity contribution in [2.75, 3.05) is 5.01 Å². The largest absolute Gasteiger partial charge is 0.345 e. The summed E-state index contributed by atoms with van der Waals surface area (Å²) < 4.78 is 0. The van der Waals surface area contributed by atoms with Crippen LogP contribution >= 0.6 is 0 Å². The summed E-state index contributed by atoms with van der Waals surface area (Å²) in [4.78, 5) is 10.8. The Labute approximate surface area is 82.2 Å². The van der Waals surface area contributed by atoms with Crippen molar-refractivity contribution in [3.8, 4) is 0 Å². The Morgan fingerprint density at radius 3 is 2.79 bits per heavy atom. The van der Waals surface area contributed by atoms with E-state index in [1.807, 2.05) is 37.3 Å². The summed E-state index contributed by atoms with van der Waals surface area (Å²) in [7, 11) is 0. The van der Waals surface area contributed by atoms with Gasteiger partial charge in [-0.1, -0.05) is 18.2 Å². The first-order valence-corrected chi connectivity index (χ1v) is 4.42. The van der Waals surface area contributed by atoms with Gasteiger partial charge in [-0.15, -0.1) is 0 Å². The molecule has 1 aromatic rings. The molecule has 0 saturated heterocycles. The third-order valence-corrected chi connectivity index (χ3v) is 2.03. The highest BCUT2D eigenvalue weighted by Crippen LogP contribution is 2.17. The smallest absolute Gasteiger partial charge is 0.178 e. The van der Waals surface area contributed by atoms with E-state index in [1.54, 1.807) is 5.01 Å². The van der Waals surface area contributed by atoms with Gasteiger partial charge in [0.05, 0.1) is 5.69 Å². The Kier molecular flexibility index (Phi) is 2.18. The Balaban J connectivity index is 2.30. The first kappa shape index (κ1) is 8.74. The number of hydrogen-bond donors (Lipinski definition) is 1. The molecule has 1 aliphatic heterocycles. The number of hydrazone groups is 1. The average Bonchev–Trinajstić information content (AvgIpc) is 2.61. The molecular weight excluding hydrogens is 178 g/mol. The second-order valence-electron chi connectivity index (χ2n) is 3.09. The van der Waals surface area contributed by atoms with Crippen LogP contribution in [0.4, 0.5) is 5.69 Å². The van der Waals surface area contributed by atoms with Gasteiger partial charge >= 0.3 is 0 Å². The van der Waals surface area contributed by atoms with Crippen LogP contribution in [0.2, 0.25) is 0 Å². The zero-order valence-electron chi connectivity index (χ0n) is 7.84. The predicted octanol–water partition coefficient (Wildman–Crippen LogP) is 0.955. The highest BCUT2D eigenvalue weighted by atomic mass is 16.1. The molecule has 0 fully saturated rings. The lowest BCUT2D eigenvalue weighted by atomic mass is 10.3. The molecule has 0 aliphatic carbocycles. The Hall–Kier alpha value is -1.84. The van der Waals surface area contributed by atoms with E-state index in [2.05, 4.69) is 10.4 Å². The van der Waals surface area contributed by atoms with Gasteiger partial charge in [0.25, 0.3) is 0 Å². The van der Waals surface area contributed by atoms with E-state index in [0.717, 1.165) is 17.8 Å². The molecule has 0 amide bonds. The summed E-state index contributed by atoms with van der Waals surface area (Å²) in [5.41, 5.74) is 0.911. The van der Waals surface area contributed by atoms with Gasteiger partial charge < -0.3 is 5.32 Å². The third kappa shape index (κ3) is 1.46. The molecule has 1 atom stereocenters. The summed E-state index contributed by atoms with van der Waals surface area (Å²) in [6.07, 6.45) is 0.463. The van der Waals surface area contributed by atoms with Crippen LogP contribution in [0.25, 0.3) is 0 Å². The van der Waals surface area contributed by atoms with E-state index in [4.69, 9.17) is 0 Å². The Morgan fingerprint density at radius 2 is 2.14 bits per heavy atom. The molecule has 1 aliphatic rings. The molecule has 4 nitrogen and oxygen atoms in total. The van der Waals surface area contributed by atoms with Crippen molar-refractivity contribution in [3.05, 3.63) is 30.3 Å². The van der Waals surface area contributed by atoms with Crippen molar-refractivity contribution in [2.45, 2.75) is 13.1 Å². The number of nitrogens with zero attached hydrogens (tertiary/aromatic N) is 2. The number of amidine groups is 1. The van der Waals surface area contributed by atoms with Crippen LogP contribution in [0.3, 0.4) is 0 Å². The van der Waals surface area contributed by atoms with Gasteiger partial charge in [0.2, 0.25) is 0 Å². The van der Waals surface area contributed by atoms with Crippen LogP contribution in [-0.4, -0.2) is 18.3 Å². The van der Waals surface area contributed by atoms with Gasteiger partial charge in [0.1, 0.15) is 5.84 Å². The average molecular weight is 189 g/mol. The standard InChI is InChI=1S/C10H11N3O/c1-8-11-10(7-14)13(12-8)9-5-3-2-4-6-9/h2-7,10H,1H3,(H,11,12). The predicted molar refractivity (Wildman–Crippen MR) is 55.0 cm³/mol. The van der Waals surface area contributed by atoms with E-state index < -0.39 is 0 Å². The van der Waals surface area contributed by atoms with Crippen molar-refractivity contribution in [1.82, 2.24) is 5.32 Å². The lowest BCUT2D eigenvalue weighted by molar-refractivity contribution is -0.109. The quantitative estimate of drug-likeness (QED) is 0.704. The second kappa shape index (κ2) is 3.49. The lowest BCUT2D eigenvalue weighted by Gasteiger charge is -2.18. The van der Waals surface area contributed by atoms with Gasteiger partial charge in [-0.2, -0.15) is 5.10 Å². The number of rotatable bonds is 2. The van der Waals surface area contributed by atoms with Gasteiger partial charge in [0, 0.05) is 0 Å². The van der Waals surface area contributed by atoms with Crippen molar-refractivity contribution in [1.29, 1.82) is 0 Å². The third-order valence-electron chi connectivity index (χ3n) is 2.03. The highest BCUT2D eigenvalue weighted by molar-refractivity contribution is 5.88. The molecule has 2 rings (SSSR count). The molecule has 1 aromatic carbocycles. The topological polar surface area (TPSA) is 44.7 Å². The van der Waals surface area contributed by atoms with E-state index >= 15 is 0 Å². The summed E-state index contributed by atoms with van der Waals surface area (Å²) in [6, 6.07) is 9.60. The molecule has 14 heavy (non-hydrogen) atoms. The number of nitrogens with one attached hydrogen (secondary N) is 1. The van der Waals surface area contributed by atoms with Crippen LogP contribution in [-0.2, 0) is 4.79 Å². The minimum absolute atomic E-state index is 0.377. The van der Waals surface area contributed by atoms with Crippen molar-refractivity contribution in [3.63, 3.8) is 0 Å². The van der Waals surface area contributed by atoms with Gasteiger partial charge in [-0.3, -0.25) is 4.79 Å². The number of hydrogen-bond acceptors (Lipinski definition) is 4. The first-order valence-electron chi connectivity index (χ1n) is 4.42. The minimum atomic E-state index is -0.377. The molecule has 0 radical (unpaired) electrons. The number of anilines is 1. The highest BCUT2D eigenvalue weighted by Gasteiger charge is 2.23. The number of carbonyl (C=O) groups excluding carboxylic acids is 1. The van der Waals surface area contributed by atoms with Crippen molar-refractivity contribution < 1.29 is 4.79 Å². The zero-order chi connectivity index (χ0) is 9.97. The fourth-order valence-electron chi connectivity index (χ4n) is 1.42. The van der Waals surface area contributed by atoms with Crippen LogP contribution in [0, 0.1) is 0 Å². The molecule has 1 unspecified atom stereocenters. The monoisotopic (exact) mass is 189 g/mol. The van der Waals surface area contributed by atoms with E-state index in [1.165, 1.54) is 0 Å². The maximum atomic E-state index is 10.8. The number of aldehydes is 1. The summed E-state index contributed by atoms with van der Waals surface area (Å²) in [6.45, 7) is 1.83. The van der Waals surface area contributed by atoms with Crippen LogP contribution in [0.1, 0.15) is 6.92 Å². The normalized spacial score (nSPS) is 20.2. The second-order valence-corrected chi connectivity index (χ2v) is 3.09. The van der Waals surface area contributed by atoms with E-state index in [9.17, 15) is 4.79 Å². The maximum absolute atomic E-state index is 10.8. The Morgan fingerprint density at radius 1 is 1.43 bits per heavy atom. The molecular formula is C10H11N3O. The molecule has 0 bridgehead atoms. The molecule has 0 aromatic heterocycles. The lowest BCUT2D eigenvalue weighted by Crippen LogP contribution is -2.38. The molecule has 72 valence electrons. The Bertz CT molecular complexity index is 361. The number of benzene rings is 1. The molecule has 1 heterocycles. The molecule has 0 spiro atoms. The van der Waals surface area contributed by atoms with Gasteiger partial charge in [-0.25, -0.2) is 5.01 Å². The minimum Gasteiger partial charge on any atom is -0.345 e. The van der Waals surface area contributed by atoms with Crippen LogP contribution in [0.15, 0.2) is 35.4 Å². The van der Waals surface area contributed by atoms with Crippen molar-refractivity contribution >= 4 is 17.8 Å². The van der Waals surface area contributed by atoms with E-state index in [0.29, 0.717) is 0 Å². The zero-order valence-corrected chi connectivity index (χ0v) is 7.84. The summed E-state index contributed by atoms with van der Waals surface area (Å²) in [5, 5.41) is 8.85. The number of para-hydroxylation sites is 1. The molecule has 0 saturated carbocycles. The summed E-state index contributed by atoms with van der Waals surface area (Å²) >= 11 is 0. The van der Waals surface area contributed by atoms with Crippen LogP contribution in [0.5, 0.6) is 0 Å². The summed E-state index contributed by atoms with van der Waals surface area (Å²) in [5.74, 6) is 0.756. The first-order chi connectivity index (χ1) is 6.81. The maximum Gasteiger partial charge on any atom is 0.178 e. The molecule has 4 heteroatoms. The fourth-order valence-corrected chi connectivity index (χ4v) is 1.42. The van der Waals surface area contributed by atoms with Crippen molar-refractivity contribution in [2.24, 2.45) is 5.10 Å². The van der Waals surface area contributed by atoms with Crippen LogP contribution < -0.4 is 10.3 Å². The number of carbonyl (C=O) groups is 1. The van der Waals surface area contributed by atoms with E-state index in [-0.39, 0.29) is 6.17 Å². The SMILES string of the molecule is CC1=NN(c2ccccc2)C(C=O)N1.